The van der Waals surface area contributed by atoms with Gasteiger partial charge in [0.2, 0.25) is 0 Å². The predicted octanol–water partition coefficient (Wildman–Crippen LogP) is 1.79. The van der Waals surface area contributed by atoms with E-state index in [1.165, 1.54) is 12.1 Å². The molecule has 1 amide bonds. The summed E-state index contributed by atoms with van der Waals surface area (Å²) in [6.07, 6.45) is -4.06. The summed E-state index contributed by atoms with van der Waals surface area (Å²) in [4.78, 5) is 11.6. The molecular weight excluding hydrogens is 301 g/mol. The average molecular weight is 317 g/mol. The Kier molecular flexibility index (Phi) is 4.48. The number of carboxylic acid groups (broad SMARTS) is 1. The lowest BCUT2D eigenvalue weighted by Crippen LogP contribution is -2.48. The number of benzene rings is 1. The fourth-order valence-electron chi connectivity index (χ4n) is 2.09. The molecule has 0 bridgehead atoms. The lowest BCUT2D eigenvalue weighted by molar-refractivity contribution is 0.0284. The van der Waals surface area contributed by atoms with E-state index in [4.69, 9.17) is 9.29 Å². The fraction of sp³-hybridized carbons (Fsp3) is 0.462. The van der Waals surface area contributed by atoms with Gasteiger partial charge in [0, 0.05) is 6.54 Å². The molecule has 1 aromatic carbocycles. The highest BCUT2D eigenvalue weighted by Crippen LogP contribution is 2.23. The molecule has 1 saturated heterocycles. The highest BCUT2D eigenvalue weighted by molar-refractivity contribution is 7.86. The molecule has 1 aromatic rings. The minimum atomic E-state index is -4.05. The summed E-state index contributed by atoms with van der Waals surface area (Å²) in [6, 6.07) is 6.03. The second kappa shape index (κ2) is 5.98. The van der Waals surface area contributed by atoms with Crippen LogP contribution in [0.2, 0.25) is 0 Å². The number of amides is 1. The first-order chi connectivity index (χ1) is 9.79. The maximum Gasteiger partial charge on any atom is 0.407 e. The van der Waals surface area contributed by atoms with Crippen molar-refractivity contribution in [1.82, 2.24) is 4.90 Å². The van der Waals surface area contributed by atoms with E-state index in [0.29, 0.717) is 0 Å². The fourth-order valence-corrected chi connectivity index (χ4v) is 3.21. The van der Waals surface area contributed by atoms with Gasteiger partial charge in [-0.05, 0) is 25.5 Å². The van der Waals surface area contributed by atoms with Crippen molar-refractivity contribution < 1.29 is 26.9 Å². The number of hydrogen-bond donors (Lipinski definition) is 1. The van der Waals surface area contributed by atoms with Crippen molar-refractivity contribution in [2.45, 2.75) is 30.5 Å². The zero-order valence-corrected chi connectivity index (χ0v) is 12.2. The number of carbonyl (C=O) groups is 1. The Morgan fingerprint density at radius 3 is 2.52 bits per heavy atom. The number of nitrogens with zero attached hydrogens (tertiary/aromatic N) is 1. The van der Waals surface area contributed by atoms with Crippen molar-refractivity contribution in [3.05, 3.63) is 29.8 Å². The zero-order valence-electron chi connectivity index (χ0n) is 11.4. The molecule has 0 radical (unpaired) electrons. The van der Waals surface area contributed by atoms with Gasteiger partial charge in [-0.2, -0.15) is 8.42 Å². The maximum absolute atomic E-state index is 13.9. The van der Waals surface area contributed by atoms with E-state index in [9.17, 15) is 17.6 Å². The molecule has 1 aliphatic rings. The minimum Gasteiger partial charge on any atom is -0.465 e. The van der Waals surface area contributed by atoms with Crippen LogP contribution >= 0.6 is 0 Å². The summed E-state index contributed by atoms with van der Waals surface area (Å²) in [7, 11) is -4.05. The lowest BCUT2D eigenvalue weighted by Gasteiger charge is -2.32. The molecule has 2 rings (SSSR count). The van der Waals surface area contributed by atoms with E-state index in [-0.39, 0.29) is 24.4 Å². The third kappa shape index (κ3) is 3.70. The molecule has 0 aromatic heterocycles. The van der Waals surface area contributed by atoms with Gasteiger partial charge in [-0.1, -0.05) is 17.7 Å². The topological polar surface area (TPSA) is 83.9 Å². The highest BCUT2D eigenvalue weighted by Gasteiger charge is 2.35. The first-order valence-electron chi connectivity index (χ1n) is 6.41. The predicted molar refractivity (Wildman–Crippen MR) is 72.3 cm³/mol. The van der Waals surface area contributed by atoms with E-state index in [1.807, 2.05) is 6.92 Å². The molecule has 0 saturated carbocycles. The Morgan fingerprint density at radius 2 is 2.00 bits per heavy atom. The molecule has 0 aliphatic carbocycles. The van der Waals surface area contributed by atoms with Gasteiger partial charge in [-0.25, -0.2) is 9.18 Å². The number of piperidine rings is 1. The molecule has 21 heavy (non-hydrogen) atoms. The second-order valence-corrected chi connectivity index (χ2v) is 6.51. The first-order valence-corrected chi connectivity index (χ1v) is 7.82. The molecule has 8 heteroatoms. The minimum absolute atomic E-state index is 0.00143. The number of halogens is 1. The third-order valence-electron chi connectivity index (χ3n) is 3.31. The van der Waals surface area contributed by atoms with Crippen LogP contribution in [0, 0.1) is 6.92 Å². The zero-order chi connectivity index (χ0) is 15.6. The number of likely N-dealkylation sites (tertiary alicyclic amines) is 1. The molecule has 0 unspecified atom stereocenters. The number of hydrogen-bond acceptors (Lipinski definition) is 4. The van der Waals surface area contributed by atoms with E-state index in [0.717, 1.165) is 10.5 Å². The molecule has 116 valence electrons. The van der Waals surface area contributed by atoms with Gasteiger partial charge >= 0.3 is 6.09 Å². The van der Waals surface area contributed by atoms with Crippen LogP contribution in [0.3, 0.4) is 0 Å². The summed E-state index contributed by atoms with van der Waals surface area (Å²) in [6.45, 7) is 1.48. The molecule has 1 fully saturated rings. The molecular formula is C13H16FNO5S. The Bertz CT molecular complexity index is 616. The SMILES string of the molecule is Cc1ccc(S(=O)(=O)O[C@H]2CCN(C(=O)O)C[C@H]2F)cc1. The van der Waals surface area contributed by atoms with Crippen LogP contribution in [0.4, 0.5) is 9.18 Å². The van der Waals surface area contributed by atoms with Gasteiger partial charge < -0.3 is 10.0 Å². The molecule has 2 atom stereocenters. The van der Waals surface area contributed by atoms with E-state index in [1.54, 1.807) is 12.1 Å². The van der Waals surface area contributed by atoms with Crippen LogP contribution in [-0.2, 0) is 14.3 Å². The monoisotopic (exact) mass is 317 g/mol. The van der Waals surface area contributed by atoms with E-state index in [2.05, 4.69) is 0 Å². The van der Waals surface area contributed by atoms with E-state index >= 15 is 0 Å². The summed E-state index contributed by atoms with van der Waals surface area (Å²) in [5.41, 5.74) is 0.895. The molecule has 1 aliphatic heterocycles. The lowest BCUT2D eigenvalue weighted by atomic mass is 10.1. The summed E-state index contributed by atoms with van der Waals surface area (Å²) in [5.74, 6) is 0. The molecule has 6 nitrogen and oxygen atoms in total. The summed E-state index contributed by atoms with van der Waals surface area (Å²) >= 11 is 0. The van der Waals surface area contributed by atoms with Crippen molar-refractivity contribution in [3.8, 4) is 0 Å². The van der Waals surface area contributed by atoms with Gasteiger partial charge in [0.25, 0.3) is 10.1 Å². The Morgan fingerprint density at radius 1 is 1.38 bits per heavy atom. The van der Waals surface area contributed by atoms with Crippen molar-refractivity contribution in [1.29, 1.82) is 0 Å². The second-order valence-electron chi connectivity index (χ2n) is 4.94. The molecule has 1 N–H and O–H groups in total. The van der Waals surface area contributed by atoms with Gasteiger partial charge in [0.1, 0.15) is 12.3 Å². The van der Waals surface area contributed by atoms with Gasteiger partial charge in [-0.3, -0.25) is 4.18 Å². The van der Waals surface area contributed by atoms with Crippen LogP contribution in [0.1, 0.15) is 12.0 Å². The van der Waals surface area contributed by atoms with Gasteiger partial charge in [-0.15, -0.1) is 0 Å². The smallest absolute Gasteiger partial charge is 0.407 e. The van der Waals surface area contributed by atoms with Crippen molar-refractivity contribution in [2.24, 2.45) is 0 Å². The van der Waals surface area contributed by atoms with Crippen molar-refractivity contribution >= 4 is 16.2 Å². The van der Waals surface area contributed by atoms with Crippen LogP contribution < -0.4 is 0 Å². The van der Waals surface area contributed by atoms with Crippen LogP contribution in [-0.4, -0.2) is 49.9 Å². The Labute approximate surface area is 122 Å². The number of aryl methyl sites for hydroxylation is 1. The number of rotatable bonds is 3. The van der Waals surface area contributed by atoms with E-state index < -0.39 is 28.5 Å². The largest absolute Gasteiger partial charge is 0.465 e. The van der Waals surface area contributed by atoms with Crippen molar-refractivity contribution in [2.75, 3.05) is 13.1 Å². The summed E-state index contributed by atoms with van der Waals surface area (Å²) < 4.78 is 42.9. The van der Waals surface area contributed by atoms with Gasteiger partial charge in [0.15, 0.2) is 0 Å². The van der Waals surface area contributed by atoms with Crippen LogP contribution in [0.15, 0.2) is 29.2 Å². The third-order valence-corrected chi connectivity index (χ3v) is 4.66. The Balaban J connectivity index is 2.07. The van der Waals surface area contributed by atoms with Crippen LogP contribution in [0.5, 0.6) is 0 Å². The van der Waals surface area contributed by atoms with Crippen molar-refractivity contribution in [3.63, 3.8) is 0 Å². The standard InChI is InChI=1S/C13H16FNO5S/c1-9-2-4-10(5-3-9)21(18,19)20-12-6-7-15(13(16)17)8-11(12)14/h2-5,11-12H,6-8H2,1H3,(H,16,17)/t11-,12+/m1/s1. The number of alkyl halides is 1. The normalized spacial score (nSPS) is 23.0. The molecule has 0 spiro atoms. The quantitative estimate of drug-likeness (QED) is 0.859. The summed E-state index contributed by atoms with van der Waals surface area (Å²) in [5, 5.41) is 8.78. The first kappa shape index (κ1) is 15.7. The van der Waals surface area contributed by atoms with Gasteiger partial charge in [0.05, 0.1) is 11.4 Å². The Hall–Kier alpha value is -1.67. The maximum atomic E-state index is 13.9. The van der Waals surface area contributed by atoms with Crippen LogP contribution in [0.25, 0.3) is 0 Å². The average Bonchev–Trinajstić information content (AvgIpc) is 2.41. The molecule has 1 heterocycles. The highest BCUT2D eigenvalue weighted by atomic mass is 32.2.